The van der Waals surface area contributed by atoms with Gasteiger partial charge in [0, 0.05) is 37.0 Å². The fraction of sp³-hybridized carbons (Fsp3) is 0.464. The Morgan fingerprint density at radius 1 is 1.37 bits per heavy atom. The predicted octanol–water partition coefficient (Wildman–Crippen LogP) is 3.12. The van der Waals surface area contributed by atoms with Gasteiger partial charge < -0.3 is 30.1 Å². The number of aromatic nitrogens is 1. The second-order valence-corrected chi connectivity index (χ2v) is 9.59. The van der Waals surface area contributed by atoms with Gasteiger partial charge in [0.15, 0.2) is 0 Å². The number of benzene rings is 1. The fourth-order valence-corrected chi connectivity index (χ4v) is 4.01. The molecule has 1 aromatic heterocycles. The summed E-state index contributed by atoms with van der Waals surface area (Å²) in [7, 11) is 1.61. The lowest BCUT2D eigenvalue weighted by Gasteiger charge is -2.37. The van der Waals surface area contributed by atoms with Crippen LogP contribution in [0.5, 0.6) is 5.88 Å². The van der Waals surface area contributed by atoms with Crippen molar-refractivity contribution in [3.63, 3.8) is 0 Å². The smallest absolute Gasteiger partial charge is 0.321 e. The number of aliphatic hydroxyl groups excluding tert-OH is 2. The molecule has 9 nitrogen and oxygen atoms in total. The summed E-state index contributed by atoms with van der Waals surface area (Å²) in [6, 6.07) is 6.17. The van der Waals surface area contributed by atoms with E-state index in [1.807, 2.05) is 13.8 Å². The third kappa shape index (κ3) is 7.43. The van der Waals surface area contributed by atoms with Crippen LogP contribution in [0, 0.1) is 23.6 Å². The van der Waals surface area contributed by atoms with Crippen molar-refractivity contribution in [3.8, 4) is 17.7 Å². The highest BCUT2D eigenvalue weighted by molar-refractivity contribution is 5.97. The average molecular weight is 527 g/mol. The number of anilines is 1. The van der Waals surface area contributed by atoms with E-state index in [4.69, 9.17) is 4.74 Å². The maximum atomic E-state index is 13.5. The van der Waals surface area contributed by atoms with Crippen molar-refractivity contribution >= 4 is 17.6 Å². The number of urea groups is 1. The van der Waals surface area contributed by atoms with Gasteiger partial charge in [0.05, 0.1) is 19.2 Å². The van der Waals surface area contributed by atoms with Gasteiger partial charge in [0.1, 0.15) is 23.6 Å². The van der Waals surface area contributed by atoms with Crippen LogP contribution in [0.2, 0.25) is 0 Å². The van der Waals surface area contributed by atoms with Gasteiger partial charge in [-0.05, 0) is 43.7 Å². The number of halogens is 1. The summed E-state index contributed by atoms with van der Waals surface area (Å²) >= 11 is 0. The number of carbonyl (C=O) groups excluding carboxylic acids is 2. The maximum Gasteiger partial charge on any atom is 0.321 e. The number of nitrogens with zero attached hydrogens (tertiary/aromatic N) is 3. The van der Waals surface area contributed by atoms with Gasteiger partial charge in [-0.25, -0.2) is 14.2 Å². The first kappa shape index (κ1) is 28.9. The quantitative estimate of drug-likeness (QED) is 0.478. The number of fused-ring (bicyclic) bond motifs is 1. The zero-order valence-corrected chi connectivity index (χ0v) is 22.1. The Hall–Kier alpha value is -3.68. The number of pyridine rings is 1. The van der Waals surface area contributed by atoms with Crippen LogP contribution in [0.15, 0.2) is 36.5 Å². The average Bonchev–Trinajstić information content (AvgIpc) is 2.90. The number of ether oxygens (including phenoxy) is 1. The zero-order chi connectivity index (χ0) is 27.8. The van der Waals surface area contributed by atoms with Crippen molar-refractivity contribution in [2.75, 3.05) is 32.1 Å². The van der Waals surface area contributed by atoms with E-state index in [0.717, 1.165) is 6.42 Å². The molecule has 2 unspecified atom stereocenters. The first-order chi connectivity index (χ1) is 18.1. The van der Waals surface area contributed by atoms with Crippen LogP contribution in [0.1, 0.15) is 49.5 Å². The Morgan fingerprint density at radius 3 is 2.74 bits per heavy atom. The number of rotatable bonds is 7. The number of hydrogen-bond acceptors (Lipinski definition) is 6. The van der Waals surface area contributed by atoms with E-state index < -0.39 is 30.1 Å². The van der Waals surface area contributed by atoms with E-state index in [1.54, 1.807) is 24.9 Å². The largest absolute Gasteiger partial charge is 0.472 e. The Balaban J connectivity index is 1.87. The first-order valence-electron chi connectivity index (χ1n) is 12.7. The molecule has 204 valence electrons. The minimum atomic E-state index is -0.776. The summed E-state index contributed by atoms with van der Waals surface area (Å²) in [5, 5.41) is 22.5. The number of likely N-dealkylation sites (N-methyl/N-ethyl adjacent to an activating group) is 1. The van der Waals surface area contributed by atoms with Crippen molar-refractivity contribution in [2.24, 2.45) is 5.92 Å². The molecule has 2 heterocycles. The third-order valence-corrected chi connectivity index (χ3v) is 6.36. The number of amides is 3. The predicted molar refractivity (Wildman–Crippen MR) is 141 cm³/mol. The van der Waals surface area contributed by atoms with Crippen molar-refractivity contribution in [1.82, 2.24) is 14.8 Å². The molecule has 0 saturated heterocycles. The lowest BCUT2D eigenvalue weighted by atomic mass is 10.00. The molecule has 10 heteroatoms. The Labute approximate surface area is 222 Å². The van der Waals surface area contributed by atoms with E-state index in [1.165, 1.54) is 35.4 Å². The minimum absolute atomic E-state index is 0.105. The van der Waals surface area contributed by atoms with Gasteiger partial charge in [-0.1, -0.05) is 32.1 Å². The summed E-state index contributed by atoms with van der Waals surface area (Å²) < 4.78 is 19.4. The normalized spacial score (nSPS) is 18.6. The van der Waals surface area contributed by atoms with Gasteiger partial charge in [-0.15, -0.1) is 0 Å². The summed E-state index contributed by atoms with van der Waals surface area (Å²) in [6.07, 6.45) is 1.49. The fourth-order valence-electron chi connectivity index (χ4n) is 4.01. The van der Waals surface area contributed by atoms with E-state index in [0.29, 0.717) is 17.7 Å². The summed E-state index contributed by atoms with van der Waals surface area (Å²) in [4.78, 5) is 33.6. The van der Waals surface area contributed by atoms with Gasteiger partial charge in [0.2, 0.25) is 5.88 Å². The Morgan fingerprint density at radius 2 is 2.08 bits per heavy atom. The molecule has 0 bridgehead atoms. The lowest BCUT2D eigenvalue weighted by molar-refractivity contribution is 0.0356. The molecular formula is C28H35FN4O5. The maximum absolute atomic E-state index is 13.5. The van der Waals surface area contributed by atoms with Crippen LogP contribution in [-0.4, -0.2) is 81.9 Å². The van der Waals surface area contributed by atoms with Crippen molar-refractivity contribution < 1.29 is 28.9 Å². The lowest BCUT2D eigenvalue weighted by Crippen LogP contribution is -2.50. The molecule has 4 atom stereocenters. The van der Waals surface area contributed by atoms with E-state index in [9.17, 15) is 24.2 Å². The summed E-state index contributed by atoms with van der Waals surface area (Å²) in [5.74, 6) is 4.77. The number of aliphatic hydroxyl groups is 2. The molecule has 1 aromatic carbocycles. The molecule has 0 saturated carbocycles. The molecule has 3 rings (SSSR count). The van der Waals surface area contributed by atoms with Crippen LogP contribution < -0.4 is 10.1 Å². The van der Waals surface area contributed by atoms with E-state index >= 15 is 0 Å². The summed E-state index contributed by atoms with van der Waals surface area (Å²) in [6.45, 7) is 5.84. The highest BCUT2D eigenvalue weighted by Crippen LogP contribution is 2.27. The van der Waals surface area contributed by atoms with Gasteiger partial charge in [-0.3, -0.25) is 4.79 Å². The molecule has 1 aliphatic heterocycles. The Kier molecular flexibility index (Phi) is 10.0. The molecule has 3 N–H and O–H groups in total. The minimum Gasteiger partial charge on any atom is -0.472 e. The molecule has 0 spiro atoms. The molecule has 0 radical (unpaired) electrons. The molecular weight excluding hydrogens is 491 g/mol. The van der Waals surface area contributed by atoms with Crippen LogP contribution in [0.3, 0.4) is 0 Å². The van der Waals surface area contributed by atoms with Crippen LogP contribution in [-0.2, 0) is 0 Å². The number of hydrogen-bond donors (Lipinski definition) is 3. The molecule has 0 aliphatic carbocycles. The van der Waals surface area contributed by atoms with Crippen molar-refractivity contribution in [1.29, 1.82) is 0 Å². The molecule has 38 heavy (non-hydrogen) atoms. The second kappa shape index (κ2) is 13.2. The van der Waals surface area contributed by atoms with E-state index in [-0.39, 0.29) is 43.0 Å². The first-order valence-corrected chi connectivity index (χ1v) is 12.7. The number of nitrogens with one attached hydrogen (secondary N) is 1. The topological polar surface area (TPSA) is 115 Å². The second-order valence-electron chi connectivity index (χ2n) is 9.59. The van der Waals surface area contributed by atoms with Gasteiger partial charge in [-0.2, -0.15) is 0 Å². The SMILES string of the molecule is CCCC(O)C#Cc1cnc2c(c1)C(=O)N(C(C)CO)C[C@H](C)[C@H](CN(C)C(=O)Nc1ccc(F)cc1)O2. The molecule has 1 aliphatic rings. The van der Waals surface area contributed by atoms with Crippen LogP contribution in [0.4, 0.5) is 14.9 Å². The monoisotopic (exact) mass is 526 g/mol. The molecule has 0 fully saturated rings. The van der Waals surface area contributed by atoms with E-state index in [2.05, 4.69) is 22.1 Å². The third-order valence-electron chi connectivity index (χ3n) is 6.36. The highest BCUT2D eigenvalue weighted by atomic mass is 19.1. The molecule has 2 aromatic rings. The standard InChI is InChI=1S/C28H35FN4O5/c1-5-6-23(35)12-7-20-13-24-26(30-14-20)38-25(18(2)15-33(27(24)36)19(3)17-34)16-32(4)28(37)31-22-10-8-21(29)9-11-22/h8-11,13-14,18-19,23,25,34-35H,5-6,15-17H2,1-4H3,(H,31,37)/t18-,19?,23?,25-/m0/s1. The zero-order valence-electron chi connectivity index (χ0n) is 22.1. The van der Waals surface area contributed by atoms with Crippen molar-refractivity contribution in [3.05, 3.63) is 53.5 Å². The number of carbonyl (C=O) groups is 2. The molecule has 3 amide bonds. The van der Waals surface area contributed by atoms with Crippen LogP contribution >= 0.6 is 0 Å². The highest BCUT2D eigenvalue weighted by Gasteiger charge is 2.34. The van der Waals surface area contributed by atoms with Crippen LogP contribution in [0.25, 0.3) is 0 Å². The summed E-state index contributed by atoms with van der Waals surface area (Å²) in [5.41, 5.74) is 1.10. The Bertz CT molecular complexity index is 1180. The van der Waals surface area contributed by atoms with Crippen molar-refractivity contribution in [2.45, 2.75) is 51.9 Å². The van der Waals surface area contributed by atoms with Gasteiger partial charge >= 0.3 is 6.03 Å². The van der Waals surface area contributed by atoms with Gasteiger partial charge in [0.25, 0.3) is 5.91 Å².